The van der Waals surface area contributed by atoms with Gasteiger partial charge in [-0.3, -0.25) is 9.88 Å². The quantitative estimate of drug-likeness (QED) is 0.869. The molecule has 2 fully saturated rings. The second-order valence-corrected chi connectivity index (χ2v) is 7.17. The number of pyridine rings is 1. The SMILES string of the molecule is c1cnc(N2CCC3(CCN(Cc4cccnc4)CC3)CC2)nc1. The average molecular weight is 323 g/mol. The maximum atomic E-state index is 4.40. The normalized spacial score (nSPS) is 21.1. The van der Waals surface area contributed by atoms with E-state index in [1.165, 1.54) is 44.3 Å². The van der Waals surface area contributed by atoms with Crippen molar-refractivity contribution in [1.29, 1.82) is 0 Å². The molecule has 4 rings (SSSR count). The molecule has 5 nitrogen and oxygen atoms in total. The number of piperidine rings is 2. The molecule has 0 aromatic carbocycles. The summed E-state index contributed by atoms with van der Waals surface area (Å²) in [6.45, 7) is 5.63. The van der Waals surface area contributed by atoms with E-state index in [-0.39, 0.29) is 0 Å². The summed E-state index contributed by atoms with van der Waals surface area (Å²) in [5, 5.41) is 0. The summed E-state index contributed by atoms with van der Waals surface area (Å²) in [5.41, 5.74) is 1.86. The van der Waals surface area contributed by atoms with Crippen LogP contribution in [0.1, 0.15) is 31.2 Å². The van der Waals surface area contributed by atoms with Crippen LogP contribution in [0.15, 0.2) is 43.0 Å². The zero-order chi connectivity index (χ0) is 16.2. The lowest BCUT2D eigenvalue weighted by molar-refractivity contribution is 0.0755. The van der Waals surface area contributed by atoms with Crippen molar-refractivity contribution >= 4 is 5.95 Å². The number of aromatic nitrogens is 3. The Morgan fingerprint density at radius 1 is 0.875 bits per heavy atom. The molecule has 5 heteroatoms. The standard InChI is InChI=1S/C19H25N5/c1-3-17(15-20-8-1)16-23-11-4-19(5-12-23)6-13-24(14-7-19)18-21-9-2-10-22-18/h1-3,8-10,15H,4-7,11-14,16H2. The first-order valence-corrected chi connectivity index (χ1v) is 8.96. The van der Waals surface area contributed by atoms with Crippen molar-refractivity contribution < 1.29 is 0 Å². The smallest absolute Gasteiger partial charge is 0.225 e. The van der Waals surface area contributed by atoms with Gasteiger partial charge in [-0.1, -0.05) is 6.07 Å². The van der Waals surface area contributed by atoms with Crippen LogP contribution in [0.5, 0.6) is 0 Å². The maximum Gasteiger partial charge on any atom is 0.225 e. The molecule has 0 amide bonds. The molecule has 2 aliphatic rings. The topological polar surface area (TPSA) is 45.2 Å². The Morgan fingerprint density at radius 3 is 2.25 bits per heavy atom. The number of hydrogen-bond donors (Lipinski definition) is 0. The molecule has 0 aliphatic carbocycles. The molecule has 2 saturated heterocycles. The zero-order valence-electron chi connectivity index (χ0n) is 14.1. The van der Waals surface area contributed by atoms with E-state index in [2.05, 4.69) is 30.8 Å². The predicted molar refractivity (Wildman–Crippen MR) is 94.7 cm³/mol. The molecule has 0 radical (unpaired) electrons. The monoisotopic (exact) mass is 323 g/mol. The van der Waals surface area contributed by atoms with Gasteiger partial charge in [0, 0.05) is 44.4 Å². The van der Waals surface area contributed by atoms with E-state index in [0.29, 0.717) is 5.41 Å². The van der Waals surface area contributed by atoms with Gasteiger partial charge in [0.15, 0.2) is 0 Å². The lowest BCUT2D eigenvalue weighted by atomic mass is 9.71. The fourth-order valence-corrected chi connectivity index (χ4v) is 4.07. The Bertz CT molecular complexity index is 627. The van der Waals surface area contributed by atoms with Gasteiger partial charge in [-0.15, -0.1) is 0 Å². The van der Waals surface area contributed by atoms with Crippen LogP contribution in [0.2, 0.25) is 0 Å². The number of anilines is 1. The molecule has 2 aliphatic heterocycles. The van der Waals surface area contributed by atoms with Gasteiger partial charge in [-0.2, -0.15) is 0 Å². The minimum Gasteiger partial charge on any atom is -0.341 e. The van der Waals surface area contributed by atoms with Crippen LogP contribution in [0, 0.1) is 5.41 Å². The minimum absolute atomic E-state index is 0.538. The molecule has 1 spiro atoms. The third-order valence-corrected chi connectivity index (χ3v) is 5.70. The van der Waals surface area contributed by atoms with E-state index >= 15 is 0 Å². The van der Waals surface area contributed by atoms with Crippen molar-refractivity contribution in [3.63, 3.8) is 0 Å². The summed E-state index contributed by atoms with van der Waals surface area (Å²) in [7, 11) is 0. The fourth-order valence-electron chi connectivity index (χ4n) is 4.07. The van der Waals surface area contributed by atoms with Gasteiger partial charge in [0.05, 0.1) is 0 Å². The number of likely N-dealkylation sites (tertiary alicyclic amines) is 1. The van der Waals surface area contributed by atoms with Crippen molar-refractivity contribution in [2.45, 2.75) is 32.2 Å². The number of hydrogen-bond acceptors (Lipinski definition) is 5. The maximum absolute atomic E-state index is 4.40. The first kappa shape index (κ1) is 15.5. The number of rotatable bonds is 3. The van der Waals surface area contributed by atoms with Crippen LogP contribution in [0.25, 0.3) is 0 Å². The molecule has 0 saturated carbocycles. The van der Waals surface area contributed by atoms with Gasteiger partial charge in [-0.25, -0.2) is 9.97 Å². The van der Waals surface area contributed by atoms with Crippen LogP contribution >= 0.6 is 0 Å². The van der Waals surface area contributed by atoms with E-state index < -0.39 is 0 Å². The Labute approximate surface area is 143 Å². The van der Waals surface area contributed by atoms with Gasteiger partial charge < -0.3 is 4.90 Å². The van der Waals surface area contributed by atoms with Crippen LogP contribution < -0.4 is 4.90 Å². The van der Waals surface area contributed by atoms with Crippen LogP contribution in [-0.2, 0) is 6.54 Å². The van der Waals surface area contributed by atoms with Crippen molar-refractivity contribution in [3.8, 4) is 0 Å². The Balaban J connectivity index is 1.30. The second-order valence-electron chi connectivity index (χ2n) is 7.17. The van der Waals surface area contributed by atoms with Gasteiger partial charge in [0.1, 0.15) is 0 Å². The summed E-state index contributed by atoms with van der Waals surface area (Å²) in [6, 6.07) is 6.09. The third kappa shape index (κ3) is 3.41. The molecule has 0 bridgehead atoms. The summed E-state index contributed by atoms with van der Waals surface area (Å²) in [4.78, 5) is 17.9. The molecular formula is C19H25N5. The molecule has 2 aromatic rings. The van der Waals surface area contributed by atoms with Crippen molar-refractivity contribution in [2.75, 3.05) is 31.1 Å². The molecule has 126 valence electrons. The highest BCUT2D eigenvalue weighted by atomic mass is 15.3. The summed E-state index contributed by atoms with van der Waals surface area (Å²) < 4.78 is 0. The van der Waals surface area contributed by atoms with Crippen molar-refractivity contribution in [3.05, 3.63) is 48.5 Å². The summed E-state index contributed by atoms with van der Waals surface area (Å²) in [5.74, 6) is 0.890. The molecule has 0 atom stereocenters. The largest absolute Gasteiger partial charge is 0.341 e. The minimum atomic E-state index is 0.538. The lowest BCUT2D eigenvalue weighted by Gasteiger charge is -2.47. The van der Waals surface area contributed by atoms with Gasteiger partial charge >= 0.3 is 0 Å². The Morgan fingerprint density at radius 2 is 1.58 bits per heavy atom. The van der Waals surface area contributed by atoms with E-state index in [1.807, 2.05) is 36.9 Å². The molecule has 2 aromatic heterocycles. The first-order valence-electron chi connectivity index (χ1n) is 8.96. The van der Waals surface area contributed by atoms with Crippen LogP contribution in [-0.4, -0.2) is 46.0 Å². The van der Waals surface area contributed by atoms with Crippen LogP contribution in [0.3, 0.4) is 0 Å². The first-order chi connectivity index (χ1) is 11.8. The fraction of sp³-hybridized carbons (Fsp3) is 0.526. The Kier molecular flexibility index (Phi) is 4.43. The van der Waals surface area contributed by atoms with E-state index in [9.17, 15) is 0 Å². The second kappa shape index (κ2) is 6.85. The zero-order valence-corrected chi connectivity index (χ0v) is 14.1. The van der Waals surface area contributed by atoms with Crippen molar-refractivity contribution in [2.24, 2.45) is 5.41 Å². The molecule has 0 N–H and O–H groups in total. The number of nitrogens with zero attached hydrogens (tertiary/aromatic N) is 5. The van der Waals surface area contributed by atoms with E-state index in [4.69, 9.17) is 0 Å². The highest BCUT2D eigenvalue weighted by molar-refractivity contribution is 5.29. The highest BCUT2D eigenvalue weighted by Gasteiger charge is 2.37. The molecule has 4 heterocycles. The van der Waals surface area contributed by atoms with Crippen LogP contribution in [0.4, 0.5) is 5.95 Å². The third-order valence-electron chi connectivity index (χ3n) is 5.70. The highest BCUT2D eigenvalue weighted by Crippen LogP contribution is 2.41. The van der Waals surface area contributed by atoms with Gasteiger partial charge in [-0.05, 0) is 61.9 Å². The van der Waals surface area contributed by atoms with Gasteiger partial charge in [0.25, 0.3) is 0 Å². The molecular weight excluding hydrogens is 298 g/mol. The molecule has 0 unspecified atom stereocenters. The molecule has 24 heavy (non-hydrogen) atoms. The summed E-state index contributed by atoms with van der Waals surface area (Å²) in [6.07, 6.45) is 12.7. The Hall–Kier alpha value is -2.01. The van der Waals surface area contributed by atoms with E-state index in [1.54, 1.807) is 0 Å². The van der Waals surface area contributed by atoms with E-state index in [0.717, 1.165) is 25.6 Å². The average Bonchev–Trinajstić information content (AvgIpc) is 2.66. The lowest BCUT2D eigenvalue weighted by Crippen LogP contribution is -2.47. The predicted octanol–water partition coefficient (Wildman–Crippen LogP) is 2.75. The summed E-state index contributed by atoms with van der Waals surface area (Å²) >= 11 is 0. The van der Waals surface area contributed by atoms with Gasteiger partial charge in [0.2, 0.25) is 5.95 Å². The van der Waals surface area contributed by atoms with Crippen molar-refractivity contribution in [1.82, 2.24) is 19.9 Å².